The van der Waals surface area contributed by atoms with Crippen LogP contribution in [0.15, 0.2) is 42.0 Å². The summed E-state index contributed by atoms with van der Waals surface area (Å²) < 4.78 is 10.3. The topological polar surface area (TPSA) is 145 Å². The fourth-order valence-corrected chi connectivity index (χ4v) is 3.55. The van der Waals surface area contributed by atoms with Gasteiger partial charge in [0.05, 0.1) is 30.4 Å². The number of nitrogens with one attached hydrogen (secondary N) is 1. The highest BCUT2D eigenvalue weighted by Crippen LogP contribution is 2.38. The molecular weight excluding hydrogens is 368 g/mol. The van der Waals surface area contributed by atoms with Crippen LogP contribution in [0.25, 0.3) is 21.8 Å². The van der Waals surface area contributed by atoms with Gasteiger partial charge in [0, 0.05) is 29.5 Å². The standard InChI is InChI=1S/C19H18N2O7/c1-27-9-2-3-10-11-4-5-20-13(15(11)21-12(10)6-9)7-19(14(23)8-22)17(25)16(24)18(26)28-19/h2-6,14,21-25H,7-8H2,1H3/t14-,19+/m0/s1. The van der Waals surface area contributed by atoms with Crippen molar-refractivity contribution in [1.82, 2.24) is 9.97 Å². The van der Waals surface area contributed by atoms with Crippen molar-refractivity contribution < 1.29 is 34.7 Å². The average molecular weight is 386 g/mol. The molecule has 0 amide bonds. The fraction of sp³-hybridized carbons (Fsp3) is 0.263. The second-order valence-electron chi connectivity index (χ2n) is 6.57. The quantitative estimate of drug-likeness (QED) is 0.412. The van der Waals surface area contributed by atoms with E-state index in [1.165, 1.54) is 0 Å². The molecule has 3 aromatic rings. The number of carbonyl (C=O) groups is 1. The first-order valence-corrected chi connectivity index (χ1v) is 8.49. The molecule has 1 aliphatic rings. The van der Waals surface area contributed by atoms with E-state index in [1.807, 2.05) is 18.2 Å². The lowest BCUT2D eigenvalue weighted by molar-refractivity contribution is -0.163. The summed E-state index contributed by atoms with van der Waals surface area (Å²) in [6.45, 7) is -0.801. The number of nitrogens with zero attached hydrogens (tertiary/aromatic N) is 1. The minimum atomic E-state index is -2.04. The lowest BCUT2D eigenvalue weighted by Crippen LogP contribution is -2.49. The van der Waals surface area contributed by atoms with Crippen molar-refractivity contribution in [2.24, 2.45) is 0 Å². The lowest BCUT2D eigenvalue weighted by atomic mass is 9.88. The molecule has 0 saturated carbocycles. The molecule has 5 N–H and O–H groups in total. The summed E-state index contributed by atoms with van der Waals surface area (Å²) in [4.78, 5) is 19.3. The summed E-state index contributed by atoms with van der Waals surface area (Å²) in [7, 11) is 1.56. The number of benzene rings is 1. The van der Waals surface area contributed by atoms with E-state index >= 15 is 0 Å². The molecule has 0 bridgehead atoms. The minimum absolute atomic E-state index is 0.266. The van der Waals surface area contributed by atoms with Gasteiger partial charge in [-0.3, -0.25) is 4.98 Å². The van der Waals surface area contributed by atoms with Crippen LogP contribution in [0.1, 0.15) is 5.69 Å². The van der Waals surface area contributed by atoms with Crippen LogP contribution < -0.4 is 4.74 Å². The highest BCUT2D eigenvalue weighted by atomic mass is 16.6. The molecule has 2 atom stereocenters. The number of carbonyl (C=O) groups excluding carboxylic acids is 1. The number of aliphatic hydroxyl groups is 4. The van der Waals surface area contributed by atoms with Gasteiger partial charge in [0.25, 0.3) is 0 Å². The Morgan fingerprint density at radius 3 is 2.71 bits per heavy atom. The normalized spacial score (nSPS) is 20.8. The molecule has 28 heavy (non-hydrogen) atoms. The number of esters is 1. The van der Waals surface area contributed by atoms with Crippen molar-refractivity contribution in [3.63, 3.8) is 0 Å². The first kappa shape index (κ1) is 18.1. The van der Waals surface area contributed by atoms with Crippen LogP contribution in [0.2, 0.25) is 0 Å². The molecule has 0 spiro atoms. The highest BCUT2D eigenvalue weighted by molar-refractivity contribution is 6.08. The molecule has 1 aliphatic heterocycles. The Kier molecular flexibility index (Phi) is 4.13. The monoisotopic (exact) mass is 386 g/mol. The van der Waals surface area contributed by atoms with Gasteiger partial charge in [-0.05, 0) is 18.2 Å². The van der Waals surface area contributed by atoms with Crippen molar-refractivity contribution in [2.45, 2.75) is 18.1 Å². The molecular formula is C19H18N2O7. The molecule has 1 aromatic carbocycles. The molecule has 0 radical (unpaired) electrons. The Balaban J connectivity index is 1.88. The maximum absolute atomic E-state index is 11.8. The van der Waals surface area contributed by atoms with Crippen LogP contribution in [0.4, 0.5) is 0 Å². The second-order valence-corrected chi connectivity index (χ2v) is 6.57. The van der Waals surface area contributed by atoms with Crippen LogP contribution in [0.5, 0.6) is 5.75 Å². The number of methoxy groups -OCH3 is 1. The molecule has 0 fully saturated rings. The number of H-pyrrole nitrogens is 1. The van der Waals surface area contributed by atoms with E-state index in [-0.39, 0.29) is 6.42 Å². The van der Waals surface area contributed by atoms with E-state index < -0.39 is 35.8 Å². The van der Waals surface area contributed by atoms with Gasteiger partial charge < -0.3 is 34.9 Å². The number of aromatic nitrogens is 2. The Labute approximate surface area is 158 Å². The van der Waals surface area contributed by atoms with Crippen molar-refractivity contribution in [2.75, 3.05) is 13.7 Å². The fourth-order valence-electron chi connectivity index (χ4n) is 3.55. The van der Waals surface area contributed by atoms with Gasteiger partial charge in [-0.1, -0.05) is 0 Å². The maximum Gasteiger partial charge on any atom is 0.378 e. The Hall–Kier alpha value is -3.30. The largest absolute Gasteiger partial charge is 0.505 e. The predicted molar refractivity (Wildman–Crippen MR) is 98.1 cm³/mol. The van der Waals surface area contributed by atoms with Gasteiger partial charge in [-0.2, -0.15) is 0 Å². The number of hydrogen-bond acceptors (Lipinski definition) is 8. The van der Waals surface area contributed by atoms with E-state index in [0.717, 1.165) is 16.3 Å². The van der Waals surface area contributed by atoms with E-state index in [4.69, 9.17) is 9.47 Å². The van der Waals surface area contributed by atoms with E-state index in [0.29, 0.717) is 17.0 Å². The summed E-state index contributed by atoms with van der Waals surface area (Å²) in [6, 6.07) is 7.31. The van der Waals surface area contributed by atoms with Crippen molar-refractivity contribution in [3.05, 3.63) is 47.7 Å². The first-order chi connectivity index (χ1) is 13.4. The van der Waals surface area contributed by atoms with Crippen LogP contribution in [0, 0.1) is 0 Å². The summed E-state index contributed by atoms with van der Waals surface area (Å²) in [5.41, 5.74) is -0.280. The number of hydrogen-bond donors (Lipinski definition) is 5. The Bertz CT molecular complexity index is 1120. The van der Waals surface area contributed by atoms with Gasteiger partial charge in [0.15, 0.2) is 5.76 Å². The molecule has 146 valence electrons. The van der Waals surface area contributed by atoms with E-state index in [9.17, 15) is 25.2 Å². The van der Waals surface area contributed by atoms with Crippen LogP contribution in [-0.2, 0) is 16.0 Å². The zero-order chi connectivity index (χ0) is 20.1. The number of rotatable bonds is 5. The van der Waals surface area contributed by atoms with E-state index in [2.05, 4.69) is 9.97 Å². The molecule has 3 heterocycles. The first-order valence-electron chi connectivity index (χ1n) is 8.49. The summed E-state index contributed by atoms with van der Waals surface area (Å²) in [5.74, 6) is -2.36. The van der Waals surface area contributed by atoms with Gasteiger partial charge in [0.1, 0.15) is 11.9 Å². The lowest BCUT2D eigenvalue weighted by Gasteiger charge is -2.31. The van der Waals surface area contributed by atoms with Gasteiger partial charge >= 0.3 is 5.97 Å². The number of ether oxygens (including phenoxy) is 2. The third-order valence-corrected chi connectivity index (χ3v) is 5.04. The number of pyridine rings is 1. The number of aliphatic hydroxyl groups excluding tert-OH is 4. The molecule has 0 aliphatic carbocycles. The van der Waals surface area contributed by atoms with Crippen LogP contribution in [0.3, 0.4) is 0 Å². The van der Waals surface area contributed by atoms with Crippen LogP contribution in [-0.4, -0.2) is 61.8 Å². The second kappa shape index (κ2) is 6.39. The van der Waals surface area contributed by atoms with Gasteiger partial charge in [-0.25, -0.2) is 4.79 Å². The zero-order valence-electron chi connectivity index (χ0n) is 14.8. The average Bonchev–Trinajstić information content (AvgIpc) is 3.19. The number of fused-ring (bicyclic) bond motifs is 3. The third-order valence-electron chi connectivity index (χ3n) is 5.04. The summed E-state index contributed by atoms with van der Waals surface area (Å²) in [6.07, 6.45) is -0.383. The number of aromatic amines is 1. The minimum Gasteiger partial charge on any atom is -0.505 e. The zero-order valence-corrected chi connectivity index (χ0v) is 14.8. The molecule has 9 nitrogen and oxygen atoms in total. The smallest absolute Gasteiger partial charge is 0.378 e. The molecule has 9 heteroatoms. The summed E-state index contributed by atoms with van der Waals surface area (Å²) in [5, 5.41) is 41.4. The Morgan fingerprint density at radius 1 is 1.29 bits per heavy atom. The van der Waals surface area contributed by atoms with Gasteiger partial charge in [0.2, 0.25) is 11.4 Å². The third kappa shape index (κ3) is 2.48. The van der Waals surface area contributed by atoms with Crippen molar-refractivity contribution in [3.8, 4) is 5.75 Å². The molecule has 0 saturated heterocycles. The van der Waals surface area contributed by atoms with Crippen molar-refractivity contribution >= 4 is 27.8 Å². The van der Waals surface area contributed by atoms with E-state index in [1.54, 1.807) is 19.4 Å². The molecule has 0 unspecified atom stereocenters. The molecule has 2 aromatic heterocycles. The Morgan fingerprint density at radius 2 is 2.07 bits per heavy atom. The van der Waals surface area contributed by atoms with Crippen LogP contribution >= 0.6 is 0 Å². The predicted octanol–water partition coefficient (Wildman–Crippen LogP) is 1.24. The highest BCUT2D eigenvalue weighted by Gasteiger charge is 2.54. The maximum atomic E-state index is 11.8. The van der Waals surface area contributed by atoms with Gasteiger partial charge in [-0.15, -0.1) is 0 Å². The SMILES string of the molecule is COc1ccc2c(c1)[nH]c1c(C[C@]3([C@@H](O)CO)OC(=O)C(O)=C3O)nccc12. The number of cyclic esters (lactones) is 1. The summed E-state index contributed by atoms with van der Waals surface area (Å²) >= 11 is 0. The van der Waals surface area contributed by atoms with Crippen molar-refractivity contribution in [1.29, 1.82) is 0 Å². The molecule has 4 rings (SSSR count).